The summed E-state index contributed by atoms with van der Waals surface area (Å²) in [5.41, 5.74) is -0.132. The maximum Gasteiger partial charge on any atom is 0.422 e. The zero-order valence-electron chi connectivity index (χ0n) is 18.7. The van der Waals surface area contributed by atoms with E-state index in [9.17, 15) is 22.4 Å². The first-order chi connectivity index (χ1) is 17.0. The molecule has 3 aromatic rings. The van der Waals surface area contributed by atoms with Crippen molar-refractivity contribution in [3.05, 3.63) is 58.6 Å². The second-order valence-corrected chi connectivity index (χ2v) is 8.54. The third kappa shape index (κ3) is 4.98. The molecule has 7 nitrogen and oxygen atoms in total. The van der Waals surface area contributed by atoms with E-state index >= 15 is 0 Å². The van der Waals surface area contributed by atoms with Crippen LogP contribution in [0.3, 0.4) is 0 Å². The fourth-order valence-corrected chi connectivity index (χ4v) is 4.42. The summed E-state index contributed by atoms with van der Waals surface area (Å²) in [6.45, 7) is 2.66. The molecular weight excluding hydrogens is 527 g/mol. The molecule has 1 aliphatic heterocycles. The number of halogens is 6. The largest absolute Gasteiger partial charge is 0.494 e. The van der Waals surface area contributed by atoms with Gasteiger partial charge in [0.25, 0.3) is 0 Å². The van der Waals surface area contributed by atoms with Crippen molar-refractivity contribution in [1.29, 1.82) is 0 Å². The predicted molar refractivity (Wildman–Crippen MR) is 125 cm³/mol. The summed E-state index contributed by atoms with van der Waals surface area (Å²) in [5, 5.41) is 8.15. The van der Waals surface area contributed by atoms with Gasteiger partial charge in [0.2, 0.25) is 5.91 Å². The maximum atomic E-state index is 14.9. The number of aromatic nitrogens is 3. The molecule has 190 valence electrons. The van der Waals surface area contributed by atoms with Crippen molar-refractivity contribution in [1.82, 2.24) is 19.7 Å². The monoisotopic (exact) mass is 544 g/mol. The first-order valence-corrected chi connectivity index (χ1v) is 11.2. The van der Waals surface area contributed by atoms with Crippen LogP contribution >= 0.6 is 23.2 Å². The lowest BCUT2D eigenvalue weighted by Crippen LogP contribution is -2.37. The third-order valence-corrected chi connectivity index (χ3v) is 6.05. The van der Waals surface area contributed by atoms with Crippen LogP contribution in [0, 0.1) is 5.82 Å². The maximum absolute atomic E-state index is 14.9. The van der Waals surface area contributed by atoms with Crippen molar-refractivity contribution >= 4 is 29.1 Å². The Labute approximate surface area is 212 Å². The number of benzene rings is 2. The lowest BCUT2D eigenvalue weighted by Gasteiger charge is -2.27. The average molecular weight is 545 g/mol. The number of methoxy groups -OCH3 is 1. The van der Waals surface area contributed by atoms with E-state index in [1.165, 1.54) is 36.3 Å². The van der Waals surface area contributed by atoms with Crippen LogP contribution in [0.2, 0.25) is 10.0 Å². The molecule has 2 heterocycles. The number of carbonyl (C=O) groups excluding carboxylic acids is 1. The van der Waals surface area contributed by atoms with E-state index in [0.29, 0.717) is 24.7 Å². The van der Waals surface area contributed by atoms with Gasteiger partial charge >= 0.3 is 6.18 Å². The number of alkyl halides is 3. The topological polar surface area (TPSA) is 69.5 Å². The zero-order valence-corrected chi connectivity index (χ0v) is 20.2. The van der Waals surface area contributed by atoms with E-state index in [4.69, 9.17) is 32.7 Å². The van der Waals surface area contributed by atoms with Crippen molar-refractivity contribution in [2.45, 2.75) is 19.3 Å². The van der Waals surface area contributed by atoms with Gasteiger partial charge < -0.3 is 18.9 Å². The van der Waals surface area contributed by atoms with Crippen LogP contribution in [0.1, 0.15) is 5.82 Å². The second-order valence-electron chi connectivity index (χ2n) is 7.73. The van der Waals surface area contributed by atoms with Crippen molar-refractivity contribution in [2.24, 2.45) is 0 Å². The molecule has 1 aliphatic rings. The highest BCUT2D eigenvalue weighted by molar-refractivity contribution is 6.35. The Kier molecular flexibility index (Phi) is 7.14. The Bertz CT molecular complexity index is 1340. The molecule has 0 atom stereocenters. The number of carbonyl (C=O) groups is 1. The minimum atomic E-state index is -4.67. The molecular formula is C23H18Cl2F4N4O3. The van der Waals surface area contributed by atoms with Crippen molar-refractivity contribution in [3.63, 3.8) is 0 Å². The van der Waals surface area contributed by atoms with Gasteiger partial charge in [-0.25, -0.2) is 4.39 Å². The minimum Gasteiger partial charge on any atom is -0.494 e. The number of rotatable bonds is 6. The average Bonchev–Trinajstić information content (AvgIpc) is 3.26. The number of nitrogens with zero attached hydrogens (tertiary/aromatic N) is 4. The first kappa shape index (κ1) is 25.8. The van der Waals surface area contributed by atoms with E-state index in [-0.39, 0.29) is 50.7 Å². The third-order valence-electron chi connectivity index (χ3n) is 5.46. The van der Waals surface area contributed by atoms with E-state index < -0.39 is 18.6 Å². The van der Waals surface area contributed by atoms with E-state index in [2.05, 4.69) is 16.8 Å². The SMILES string of the molecule is C=CC(=O)N1CCn2c(nnc2-c2cc(Cl)c(-c3c(F)ccc(Cl)c3OC)c(OCC(F)(F)F)c2)C1. The van der Waals surface area contributed by atoms with Crippen LogP contribution in [0.25, 0.3) is 22.5 Å². The normalized spacial score (nSPS) is 13.4. The van der Waals surface area contributed by atoms with Gasteiger partial charge in [-0.15, -0.1) is 10.2 Å². The summed E-state index contributed by atoms with van der Waals surface area (Å²) in [6.07, 6.45) is -3.48. The first-order valence-electron chi connectivity index (χ1n) is 10.4. The van der Waals surface area contributed by atoms with Crippen LogP contribution in [-0.4, -0.2) is 52.0 Å². The molecule has 0 saturated heterocycles. The Balaban J connectivity index is 1.85. The van der Waals surface area contributed by atoms with E-state index in [1.54, 1.807) is 4.57 Å². The molecule has 0 saturated carbocycles. The Morgan fingerprint density at radius 2 is 1.92 bits per heavy atom. The molecule has 13 heteroatoms. The standard InChI is InChI=1S/C23H18Cl2F4N4O3/c1-3-18(34)32-6-7-33-17(10-32)30-31-22(33)12-8-14(25)19(16(9-12)36-11-23(27,28)29)20-15(26)5-4-13(24)21(20)35-2/h3-5,8-9H,1,6-7,10-11H2,2H3. The van der Waals surface area contributed by atoms with E-state index in [0.717, 1.165) is 6.07 Å². The molecule has 2 aromatic carbocycles. The number of ether oxygens (including phenoxy) is 2. The van der Waals surface area contributed by atoms with Crippen molar-refractivity contribution < 1.29 is 31.8 Å². The van der Waals surface area contributed by atoms with Crippen molar-refractivity contribution in [2.75, 3.05) is 20.3 Å². The smallest absolute Gasteiger partial charge is 0.422 e. The van der Waals surface area contributed by atoms with Crippen LogP contribution in [0.5, 0.6) is 11.5 Å². The van der Waals surface area contributed by atoms with Crippen LogP contribution < -0.4 is 9.47 Å². The fraction of sp³-hybridized carbons (Fsp3) is 0.261. The molecule has 1 amide bonds. The van der Waals surface area contributed by atoms with Crippen LogP contribution in [-0.2, 0) is 17.9 Å². The minimum absolute atomic E-state index is 0.0287. The lowest BCUT2D eigenvalue weighted by molar-refractivity contribution is -0.153. The number of amides is 1. The highest BCUT2D eigenvalue weighted by Gasteiger charge is 2.31. The summed E-state index contributed by atoms with van der Waals surface area (Å²) in [6, 6.07) is 4.98. The van der Waals surface area contributed by atoms with Gasteiger partial charge in [0.1, 0.15) is 17.3 Å². The zero-order chi connectivity index (χ0) is 26.2. The highest BCUT2D eigenvalue weighted by Crippen LogP contribution is 2.47. The Morgan fingerprint density at radius 3 is 2.58 bits per heavy atom. The van der Waals surface area contributed by atoms with Gasteiger partial charge in [-0.2, -0.15) is 13.2 Å². The summed E-state index contributed by atoms with van der Waals surface area (Å²) in [5.74, 6) is -0.805. The second kappa shape index (κ2) is 9.98. The molecule has 0 fully saturated rings. The molecule has 36 heavy (non-hydrogen) atoms. The van der Waals surface area contributed by atoms with Crippen LogP contribution in [0.4, 0.5) is 17.6 Å². The van der Waals surface area contributed by atoms with Gasteiger partial charge in [0, 0.05) is 24.2 Å². The van der Waals surface area contributed by atoms with Gasteiger partial charge in [-0.3, -0.25) is 4.79 Å². The highest BCUT2D eigenvalue weighted by atomic mass is 35.5. The summed E-state index contributed by atoms with van der Waals surface area (Å²) in [7, 11) is 1.24. The van der Waals surface area contributed by atoms with Gasteiger partial charge in [0.15, 0.2) is 18.3 Å². The Morgan fingerprint density at radius 1 is 1.17 bits per heavy atom. The fourth-order valence-electron chi connectivity index (χ4n) is 3.88. The summed E-state index contributed by atoms with van der Waals surface area (Å²) in [4.78, 5) is 13.5. The summed E-state index contributed by atoms with van der Waals surface area (Å²) < 4.78 is 66.1. The van der Waals surface area contributed by atoms with Gasteiger partial charge in [-0.1, -0.05) is 29.8 Å². The molecule has 0 bridgehead atoms. The molecule has 4 rings (SSSR count). The molecule has 1 aromatic heterocycles. The molecule has 0 spiro atoms. The predicted octanol–water partition coefficient (Wildman–Crippen LogP) is 5.54. The Hall–Kier alpha value is -3.31. The lowest BCUT2D eigenvalue weighted by atomic mass is 10.00. The number of hydrogen-bond donors (Lipinski definition) is 0. The molecule has 0 radical (unpaired) electrons. The number of hydrogen-bond acceptors (Lipinski definition) is 5. The van der Waals surface area contributed by atoms with Crippen molar-refractivity contribution in [3.8, 4) is 34.0 Å². The quantitative estimate of drug-likeness (QED) is 0.301. The van der Waals surface area contributed by atoms with Crippen LogP contribution in [0.15, 0.2) is 36.9 Å². The number of fused-ring (bicyclic) bond motifs is 1. The van der Waals surface area contributed by atoms with Gasteiger partial charge in [-0.05, 0) is 30.3 Å². The molecule has 0 unspecified atom stereocenters. The summed E-state index contributed by atoms with van der Waals surface area (Å²) >= 11 is 12.6. The van der Waals surface area contributed by atoms with E-state index in [1.807, 2.05) is 0 Å². The van der Waals surface area contributed by atoms with Gasteiger partial charge in [0.05, 0.1) is 29.3 Å². The molecule has 0 aliphatic carbocycles. The molecule has 0 N–H and O–H groups in total.